The van der Waals surface area contributed by atoms with Gasteiger partial charge in [0.15, 0.2) is 5.78 Å². The Labute approximate surface area is 137 Å². The zero-order valence-electron chi connectivity index (χ0n) is 14.1. The lowest BCUT2D eigenvalue weighted by atomic mass is 10.0. The SMILES string of the molecule is CCC(=O)C1=C(O)[C@H](Cc2ccccc2)N(CCC(C)C)C1=O. The Hall–Kier alpha value is -2.10. The van der Waals surface area contributed by atoms with E-state index in [0.29, 0.717) is 18.9 Å². The molecule has 0 radical (unpaired) electrons. The van der Waals surface area contributed by atoms with Gasteiger partial charge in [0, 0.05) is 19.4 Å². The van der Waals surface area contributed by atoms with Crippen LogP contribution in [-0.2, 0) is 16.0 Å². The smallest absolute Gasteiger partial charge is 0.261 e. The summed E-state index contributed by atoms with van der Waals surface area (Å²) >= 11 is 0. The first kappa shape index (κ1) is 17.3. The zero-order chi connectivity index (χ0) is 17.0. The molecular weight excluding hydrogens is 290 g/mol. The van der Waals surface area contributed by atoms with Gasteiger partial charge in [0.25, 0.3) is 5.91 Å². The predicted octanol–water partition coefficient (Wildman–Crippen LogP) is 3.28. The third-order valence-corrected chi connectivity index (χ3v) is 4.24. The number of carbonyl (C=O) groups excluding carboxylic acids is 2. The van der Waals surface area contributed by atoms with Gasteiger partial charge in [0.05, 0.1) is 6.04 Å². The van der Waals surface area contributed by atoms with Crippen LogP contribution >= 0.6 is 0 Å². The van der Waals surface area contributed by atoms with Crippen LogP contribution in [0.4, 0.5) is 0 Å². The first-order valence-electron chi connectivity index (χ1n) is 8.26. The van der Waals surface area contributed by atoms with Gasteiger partial charge in [-0.15, -0.1) is 0 Å². The largest absolute Gasteiger partial charge is 0.509 e. The summed E-state index contributed by atoms with van der Waals surface area (Å²) in [7, 11) is 0. The molecule has 1 aliphatic rings. The Kier molecular flexibility index (Phi) is 5.59. The molecular formula is C19H25NO3. The maximum atomic E-state index is 12.6. The molecule has 0 bridgehead atoms. The average molecular weight is 315 g/mol. The maximum absolute atomic E-state index is 12.6. The molecule has 0 saturated heterocycles. The van der Waals surface area contributed by atoms with Gasteiger partial charge < -0.3 is 10.0 Å². The van der Waals surface area contributed by atoms with E-state index in [0.717, 1.165) is 12.0 Å². The fourth-order valence-corrected chi connectivity index (χ4v) is 2.85. The van der Waals surface area contributed by atoms with Crippen molar-refractivity contribution in [2.75, 3.05) is 6.54 Å². The third kappa shape index (κ3) is 3.81. The molecule has 1 aromatic carbocycles. The molecule has 4 nitrogen and oxygen atoms in total. The number of aliphatic hydroxyl groups excluding tert-OH is 1. The van der Waals surface area contributed by atoms with Crippen LogP contribution in [0.15, 0.2) is 41.7 Å². The van der Waals surface area contributed by atoms with Crippen molar-refractivity contribution in [1.29, 1.82) is 0 Å². The van der Waals surface area contributed by atoms with E-state index < -0.39 is 6.04 Å². The van der Waals surface area contributed by atoms with E-state index in [9.17, 15) is 14.7 Å². The Bertz CT molecular complexity index is 604. The lowest BCUT2D eigenvalue weighted by Crippen LogP contribution is -2.38. The van der Waals surface area contributed by atoms with Crippen LogP contribution in [0, 0.1) is 5.92 Å². The topological polar surface area (TPSA) is 57.6 Å². The highest BCUT2D eigenvalue weighted by Crippen LogP contribution is 2.29. The summed E-state index contributed by atoms with van der Waals surface area (Å²) in [5, 5.41) is 10.5. The van der Waals surface area contributed by atoms with Crippen molar-refractivity contribution in [3.63, 3.8) is 0 Å². The van der Waals surface area contributed by atoms with Crippen molar-refractivity contribution in [2.45, 2.75) is 46.1 Å². The summed E-state index contributed by atoms with van der Waals surface area (Å²) < 4.78 is 0. The van der Waals surface area contributed by atoms with Crippen LogP contribution in [0.3, 0.4) is 0 Å². The van der Waals surface area contributed by atoms with Gasteiger partial charge >= 0.3 is 0 Å². The molecule has 1 N–H and O–H groups in total. The molecule has 1 heterocycles. The number of benzene rings is 1. The molecule has 1 aliphatic heterocycles. The standard InChI is InChI=1S/C19H25NO3/c1-4-16(21)17-18(22)15(12-14-8-6-5-7-9-14)20(19(17)23)11-10-13(2)3/h5-9,13,15,22H,4,10-12H2,1-3H3/t15-/m0/s1. The summed E-state index contributed by atoms with van der Waals surface area (Å²) in [4.78, 5) is 26.3. The molecule has 1 aromatic rings. The molecule has 0 spiro atoms. The van der Waals surface area contributed by atoms with Crippen LogP contribution in [-0.4, -0.2) is 34.3 Å². The highest BCUT2D eigenvalue weighted by molar-refractivity contribution is 6.21. The normalized spacial score (nSPS) is 18.2. The van der Waals surface area contributed by atoms with E-state index >= 15 is 0 Å². The molecule has 0 fully saturated rings. The van der Waals surface area contributed by atoms with Gasteiger partial charge in [-0.1, -0.05) is 51.1 Å². The summed E-state index contributed by atoms with van der Waals surface area (Å²) in [5.41, 5.74) is 1.02. The van der Waals surface area contributed by atoms with Crippen LogP contribution in [0.1, 0.15) is 39.2 Å². The number of hydrogen-bond acceptors (Lipinski definition) is 3. The number of hydrogen-bond donors (Lipinski definition) is 1. The molecule has 0 saturated carbocycles. The molecule has 1 atom stereocenters. The minimum absolute atomic E-state index is 0.0165. The minimum Gasteiger partial charge on any atom is -0.509 e. The molecule has 0 aromatic heterocycles. The summed E-state index contributed by atoms with van der Waals surface area (Å²) in [6, 6.07) is 9.30. The van der Waals surface area contributed by atoms with Crippen LogP contribution in [0.5, 0.6) is 0 Å². The lowest BCUT2D eigenvalue weighted by molar-refractivity contribution is -0.129. The highest BCUT2D eigenvalue weighted by Gasteiger charge is 2.41. The van der Waals surface area contributed by atoms with Gasteiger partial charge in [-0.05, 0) is 17.9 Å². The number of Topliss-reactive ketones (excluding diaryl/α,β-unsaturated/α-hetero) is 1. The van der Waals surface area contributed by atoms with Crippen molar-refractivity contribution >= 4 is 11.7 Å². The molecule has 0 unspecified atom stereocenters. The predicted molar refractivity (Wildman–Crippen MR) is 90.1 cm³/mol. The number of ketones is 1. The van der Waals surface area contributed by atoms with E-state index in [-0.39, 0.29) is 29.4 Å². The zero-order valence-corrected chi connectivity index (χ0v) is 14.1. The van der Waals surface area contributed by atoms with Crippen LogP contribution < -0.4 is 0 Å². The van der Waals surface area contributed by atoms with E-state index in [1.165, 1.54) is 0 Å². The third-order valence-electron chi connectivity index (χ3n) is 4.24. The van der Waals surface area contributed by atoms with E-state index in [1.807, 2.05) is 30.3 Å². The van der Waals surface area contributed by atoms with Crippen molar-refractivity contribution < 1.29 is 14.7 Å². The van der Waals surface area contributed by atoms with E-state index in [4.69, 9.17) is 0 Å². The van der Waals surface area contributed by atoms with Crippen molar-refractivity contribution in [1.82, 2.24) is 4.90 Å². The van der Waals surface area contributed by atoms with Crippen LogP contribution in [0.2, 0.25) is 0 Å². The van der Waals surface area contributed by atoms with Crippen molar-refractivity contribution in [3.05, 3.63) is 47.2 Å². The first-order chi connectivity index (χ1) is 11.0. The Balaban J connectivity index is 2.29. The molecule has 4 heteroatoms. The van der Waals surface area contributed by atoms with Gasteiger partial charge in [-0.2, -0.15) is 0 Å². The maximum Gasteiger partial charge on any atom is 0.261 e. The van der Waals surface area contributed by atoms with Crippen molar-refractivity contribution in [3.8, 4) is 0 Å². The Morgan fingerprint density at radius 3 is 2.48 bits per heavy atom. The van der Waals surface area contributed by atoms with Gasteiger partial charge in [-0.3, -0.25) is 9.59 Å². The number of rotatable bonds is 7. The number of carbonyl (C=O) groups is 2. The quantitative estimate of drug-likeness (QED) is 0.786. The van der Waals surface area contributed by atoms with Gasteiger partial charge in [-0.25, -0.2) is 0 Å². The first-order valence-corrected chi connectivity index (χ1v) is 8.26. The summed E-state index contributed by atoms with van der Waals surface area (Å²) in [6.07, 6.45) is 1.59. The molecule has 23 heavy (non-hydrogen) atoms. The molecule has 2 rings (SSSR count). The second-order valence-electron chi connectivity index (χ2n) is 6.42. The van der Waals surface area contributed by atoms with Gasteiger partial charge in [0.2, 0.25) is 0 Å². The second-order valence-corrected chi connectivity index (χ2v) is 6.42. The summed E-state index contributed by atoms with van der Waals surface area (Å²) in [5.74, 6) is -0.212. The van der Waals surface area contributed by atoms with E-state index in [1.54, 1.807) is 11.8 Å². The van der Waals surface area contributed by atoms with Crippen LogP contribution in [0.25, 0.3) is 0 Å². The average Bonchev–Trinajstić information content (AvgIpc) is 2.76. The highest BCUT2D eigenvalue weighted by atomic mass is 16.3. The molecule has 1 amide bonds. The minimum atomic E-state index is -0.436. The van der Waals surface area contributed by atoms with E-state index in [2.05, 4.69) is 13.8 Å². The number of amides is 1. The Morgan fingerprint density at radius 2 is 1.91 bits per heavy atom. The molecule has 0 aliphatic carbocycles. The second kappa shape index (κ2) is 7.44. The lowest BCUT2D eigenvalue weighted by Gasteiger charge is -2.26. The fourth-order valence-electron chi connectivity index (χ4n) is 2.85. The molecule has 124 valence electrons. The summed E-state index contributed by atoms with van der Waals surface area (Å²) in [6.45, 7) is 6.45. The number of nitrogens with zero attached hydrogens (tertiary/aromatic N) is 1. The van der Waals surface area contributed by atoms with Gasteiger partial charge in [0.1, 0.15) is 11.3 Å². The monoisotopic (exact) mass is 315 g/mol. The Morgan fingerprint density at radius 1 is 1.26 bits per heavy atom. The van der Waals surface area contributed by atoms with Crippen molar-refractivity contribution in [2.24, 2.45) is 5.92 Å². The number of aliphatic hydroxyl groups is 1. The fraction of sp³-hybridized carbons (Fsp3) is 0.474.